The zero-order chi connectivity index (χ0) is 24.9. The zero-order valence-corrected chi connectivity index (χ0v) is 22.1. The number of aryl methyl sites for hydroxylation is 2. The van der Waals surface area contributed by atoms with E-state index in [4.69, 9.17) is 9.47 Å². The Morgan fingerprint density at radius 1 is 1.06 bits per heavy atom. The quantitative estimate of drug-likeness (QED) is 0.558. The summed E-state index contributed by atoms with van der Waals surface area (Å²) in [5.74, 6) is 1.50. The van der Waals surface area contributed by atoms with Crippen molar-refractivity contribution in [3.8, 4) is 16.9 Å². The minimum atomic E-state index is -0.272. The van der Waals surface area contributed by atoms with Crippen LogP contribution in [0, 0.1) is 25.2 Å². The Labute approximate surface area is 210 Å². The van der Waals surface area contributed by atoms with Crippen LogP contribution in [0.2, 0.25) is 0 Å². The molecule has 35 heavy (non-hydrogen) atoms. The second-order valence-electron chi connectivity index (χ2n) is 11.8. The highest BCUT2D eigenvalue weighted by molar-refractivity contribution is 5.71. The third-order valence-corrected chi connectivity index (χ3v) is 8.15. The summed E-state index contributed by atoms with van der Waals surface area (Å²) in [6, 6.07) is 11.1. The van der Waals surface area contributed by atoms with E-state index < -0.39 is 0 Å². The highest BCUT2D eigenvalue weighted by Gasteiger charge is 2.42. The van der Waals surface area contributed by atoms with Crippen LogP contribution >= 0.6 is 0 Å². The summed E-state index contributed by atoms with van der Waals surface area (Å²) in [6.07, 6.45) is 3.11. The smallest absolute Gasteiger partial charge is 0.407 e. The van der Waals surface area contributed by atoms with Gasteiger partial charge in [0.2, 0.25) is 0 Å². The Morgan fingerprint density at radius 3 is 2.34 bits per heavy atom. The van der Waals surface area contributed by atoms with Crippen LogP contribution < -0.4 is 10.1 Å². The molecular weight excluding hydrogens is 436 g/mol. The first kappa shape index (κ1) is 24.2. The van der Waals surface area contributed by atoms with Crippen molar-refractivity contribution in [3.05, 3.63) is 52.6 Å². The third-order valence-electron chi connectivity index (χ3n) is 8.15. The SMILES string of the molecule is Cc1cc(-c2ccc3c(c2)CC(C)(C)C3NC(=O)O[C@H]2CN3CCC2CC3)cc(C)c1OC(C)C. The van der Waals surface area contributed by atoms with Gasteiger partial charge in [0.1, 0.15) is 11.9 Å². The third kappa shape index (κ3) is 4.80. The van der Waals surface area contributed by atoms with Crippen molar-refractivity contribution < 1.29 is 14.3 Å². The maximum absolute atomic E-state index is 12.9. The first-order chi connectivity index (χ1) is 16.6. The maximum atomic E-state index is 12.9. The van der Waals surface area contributed by atoms with Crippen LogP contribution in [-0.4, -0.2) is 42.8 Å². The minimum absolute atomic E-state index is 0.0259. The van der Waals surface area contributed by atoms with E-state index in [2.05, 4.69) is 82.1 Å². The number of rotatable bonds is 5. The lowest BCUT2D eigenvalue weighted by atomic mass is 9.85. The number of carbonyl (C=O) groups excluding carboxylic acids is 1. The van der Waals surface area contributed by atoms with Gasteiger partial charge in [-0.2, -0.15) is 0 Å². The van der Waals surface area contributed by atoms with Crippen molar-refractivity contribution in [2.75, 3.05) is 19.6 Å². The van der Waals surface area contributed by atoms with Crippen LogP contribution in [0.4, 0.5) is 4.79 Å². The van der Waals surface area contributed by atoms with Gasteiger partial charge >= 0.3 is 6.09 Å². The Balaban J connectivity index is 1.34. The van der Waals surface area contributed by atoms with Gasteiger partial charge in [0, 0.05) is 6.54 Å². The van der Waals surface area contributed by atoms with E-state index in [0.717, 1.165) is 55.8 Å². The van der Waals surface area contributed by atoms with Gasteiger partial charge in [-0.15, -0.1) is 0 Å². The molecule has 3 heterocycles. The summed E-state index contributed by atoms with van der Waals surface area (Å²) in [6.45, 7) is 16.0. The van der Waals surface area contributed by atoms with Gasteiger partial charge in [0.25, 0.3) is 0 Å². The number of fused-ring (bicyclic) bond motifs is 4. The molecule has 6 rings (SSSR count). The molecule has 5 nitrogen and oxygen atoms in total. The molecule has 2 atom stereocenters. The highest BCUT2D eigenvalue weighted by atomic mass is 16.6. The number of nitrogens with zero attached hydrogens (tertiary/aromatic N) is 1. The van der Waals surface area contributed by atoms with Gasteiger partial charge in [-0.1, -0.05) is 32.0 Å². The number of benzene rings is 2. The fourth-order valence-electron chi connectivity index (χ4n) is 6.38. The molecule has 5 heteroatoms. The maximum Gasteiger partial charge on any atom is 0.407 e. The van der Waals surface area contributed by atoms with E-state index in [1.807, 2.05) is 0 Å². The molecule has 1 amide bonds. The Hall–Kier alpha value is -2.53. The molecule has 0 radical (unpaired) electrons. The van der Waals surface area contributed by atoms with Crippen LogP contribution in [0.5, 0.6) is 5.75 Å². The Kier molecular flexibility index (Phi) is 6.33. The van der Waals surface area contributed by atoms with Crippen LogP contribution in [0.25, 0.3) is 11.1 Å². The van der Waals surface area contributed by atoms with Gasteiger partial charge in [0.15, 0.2) is 0 Å². The predicted molar refractivity (Wildman–Crippen MR) is 140 cm³/mol. The van der Waals surface area contributed by atoms with Gasteiger partial charge in [-0.25, -0.2) is 4.79 Å². The molecule has 188 valence electrons. The van der Waals surface area contributed by atoms with Crippen LogP contribution in [0.1, 0.15) is 68.8 Å². The van der Waals surface area contributed by atoms with Crippen LogP contribution in [0.3, 0.4) is 0 Å². The van der Waals surface area contributed by atoms with Crippen molar-refractivity contribution in [1.29, 1.82) is 0 Å². The molecule has 1 N–H and O–H groups in total. The molecule has 2 bridgehead atoms. The lowest BCUT2D eigenvalue weighted by Gasteiger charge is -2.44. The molecule has 2 aromatic rings. The normalized spacial score (nSPS) is 26.5. The highest BCUT2D eigenvalue weighted by Crippen LogP contribution is 2.46. The fraction of sp³-hybridized carbons (Fsp3) is 0.567. The molecule has 3 fully saturated rings. The molecule has 4 aliphatic rings. The predicted octanol–water partition coefficient (Wildman–Crippen LogP) is 6.20. The first-order valence-corrected chi connectivity index (χ1v) is 13.2. The van der Waals surface area contributed by atoms with Gasteiger partial charge < -0.3 is 14.8 Å². The van der Waals surface area contributed by atoms with Gasteiger partial charge in [-0.05, 0) is 117 Å². The number of hydrogen-bond acceptors (Lipinski definition) is 4. The Bertz CT molecular complexity index is 1090. The monoisotopic (exact) mass is 476 g/mol. The average molecular weight is 477 g/mol. The summed E-state index contributed by atoms with van der Waals surface area (Å²) in [7, 11) is 0. The van der Waals surface area contributed by atoms with Gasteiger partial charge in [-0.3, -0.25) is 4.90 Å². The number of amides is 1. The van der Waals surface area contributed by atoms with Crippen molar-refractivity contribution in [2.45, 2.75) is 79.1 Å². The molecule has 1 aliphatic carbocycles. The molecular formula is C30H40N2O3. The molecule has 0 aromatic heterocycles. The largest absolute Gasteiger partial charge is 0.490 e. The second kappa shape index (κ2) is 9.16. The van der Waals surface area contributed by atoms with E-state index in [1.165, 1.54) is 22.3 Å². The Morgan fingerprint density at radius 2 is 1.74 bits per heavy atom. The first-order valence-electron chi connectivity index (χ1n) is 13.2. The lowest BCUT2D eigenvalue weighted by molar-refractivity contribution is -0.0348. The van der Waals surface area contributed by atoms with Crippen molar-refractivity contribution >= 4 is 6.09 Å². The van der Waals surface area contributed by atoms with E-state index in [9.17, 15) is 4.79 Å². The van der Waals surface area contributed by atoms with Gasteiger partial charge in [0.05, 0.1) is 12.1 Å². The molecule has 0 spiro atoms. The molecule has 3 aliphatic heterocycles. The van der Waals surface area contributed by atoms with Crippen molar-refractivity contribution in [1.82, 2.24) is 10.2 Å². The average Bonchev–Trinajstić information content (AvgIpc) is 3.05. The standard InChI is InChI=1S/C30H40N2O3/c1-18(2)34-27-19(3)13-23(14-20(27)4)22-7-8-25-24(15-22)16-30(5,6)28(25)31-29(33)35-26-17-32-11-9-21(26)10-12-32/h7-8,13-15,18,21,26,28H,9-12,16-17H2,1-6H3,(H,31,33)/t26-,28?/m0/s1. The number of carbonyl (C=O) groups is 1. The lowest BCUT2D eigenvalue weighted by Crippen LogP contribution is -2.53. The zero-order valence-electron chi connectivity index (χ0n) is 22.1. The minimum Gasteiger partial charge on any atom is -0.490 e. The number of hydrogen-bond donors (Lipinski definition) is 1. The van der Waals surface area contributed by atoms with Crippen LogP contribution in [0.15, 0.2) is 30.3 Å². The summed E-state index contributed by atoms with van der Waals surface area (Å²) >= 11 is 0. The van der Waals surface area contributed by atoms with Crippen molar-refractivity contribution in [3.63, 3.8) is 0 Å². The summed E-state index contributed by atoms with van der Waals surface area (Å²) in [5, 5.41) is 3.24. The molecule has 1 unspecified atom stereocenters. The van der Waals surface area contributed by atoms with E-state index in [1.54, 1.807) is 0 Å². The molecule has 3 saturated heterocycles. The topological polar surface area (TPSA) is 50.8 Å². The summed E-state index contributed by atoms with van der Waals surface area (Å²) in [5.41, 5.74) is 7.16. The summed E-state index contributed by atoms with van der Waals surface area (Å²) < 4.78 is 12.0. The van der Waals surface area contributed by atoms with E-state index >= 15 is 0 Å². The number of alkyl carbamates (subject to hydrolysis) is 1. The fourth-order valence-corrected chi connectivity index (χ4v) is 6.38. The number of piperidine rings is 3. The number of nitrogens with one attached hydrogen (secondary N) is 1. The molecule has 0 saturated carbocycles. The molecule has 2 aromatic carbocycles. The van der Waals surface area contributed by atoms with Crippen LogP contribution in [-0.2, 0) is 11.2 Å². The summed E-state index contributed by atoms with van der Waals surface area (Å²) in [4.78, 5) is 15.4. The van der Waals surface area contributed by atoms with Crippen molar-refractivity contribution in [2.24, 2.45) is 11.3 Å². The van der Waals surface area contributed by atoms with E-state index in [0.29, 0.717) is 5.92 Å². The number of ether oxygens (including phenoxy) is 2. The second-order valence-corrected chi connectivity index (χ2v) is 11.8. The van der Waals surface area contributed by atoms with E-state index in [-0.39, 0.29) is 29.8 Å².